The van der Waals surface area contributed by atoms with Crippen molar-refractivity contribution in [3.63, 3.8) is 0 Å². The highest BCUT2D eigenvalue weighted by Gasteiger charge is 2.05. The normalized spacial score (nSPS) is 10.6. The van der Waals surface area contributed by atoms with E-state index in [0.29, 0.717) is 0 Å². The van der Waals surface area contributed by atoms with Crippen molar-refractivity contribution in [1.29, 1.82) is 0 Å². The van der Waals surface area contributed by atoms with E-state index in [9.17, 15) is 0 Å². The van der Waals surface area contributed by atoms with Gasteiger partial charge in [-0.15, -0.1) is 0 Å². The SMILES string of the molecule is CCSCCCOc1c(C)cc(CO)cc1C. The van der Waals surface area contributed by atoms with Gasteiger partial charge in [0, 0.05) is 0 Å². The van der Waals surface area contributed by atoms with Crippen molar-refractivity contribution < 1.29 is 9.84 Å². The number of aliphatic hydroxyl groups is 1. The minimum Gasteiger partial charge on any atom is -0.493 e. The molecule has 0 unspecified atom stereocenters. The first-order valence-corrected chi connectivity index (χ1v) is 7.26. The molecule has 17 heavy (non-hydrogen) atoms. The zero-order valence-electron chi connectivity index (χ0n) is 11.0. The van der Waals surface area contributed by atoms with Gasteiger partial charge in [-0.1, -0.05) is 19.1 Å². The molecule has 0 fully saturated rings. The van der Waals surface area contributed by atoms with Crippen LogP contribution < -0.4 is 4.74 Å². The summed E-state index contributed by atoms with van der Waals surface area (Å²) in [7, 11) is 0. The Labute approximate surface area is 108 Å². The molecule has 0 saturated carbocycles. The Morgan fingerprint density at radius 2 is 1.88 bits per heavy atom. The lowest BCUT2D eigenvalue weighted by atomic mass is 10.1. The molecule has 0 aliphatic carbocycles. The summed E-state index contributed by atoms with van der Waals surface area (Å²) in [5.41, 5.74) is 3.17. The van der Waals surface area contributed by atoms with Crippen molar-refractivity contribution in [2.24, 2.45) is 0 Å². The molecule has 2 nitrogen and oxygen atoms in total. The fourth-order valence-electron chi connectivity index (χ4n) is 1.84. The monoisotopic (exact) mass is 254 g/mol. The van der Waals surface area contributed by atoms with Crippen molar-refractivity contribution in [2.45, 2.75) is 33.8 Å². The van der Waals surface area contributed by atoms with Gasteiger partial charge in [0.15, 0.2) is 0 Å². The molecular weight excluding hydrogens is 232 g/mol. The molecule has 0 aliphatic heterocycles. The summed E-state index contributed by atoms with van der Waals surface area (Å²) in [6.07, 6.45) is 1.08. The predicted octanol–water partition coefficient (Wildman–Crippen LogP) is 3.32. The number of aliphatic hydroxyl groups excluding tert-OH is 1. The highest BCUT2D eigenvalue weighted by Crippen LogP contribution is 2.25. The largest absolute Gasteiger partial charge is 0.493 e. The number of hydrogen-bond acceptors (Lipinski definition) is 3. The molecule has 3 heteroatoms. The fourth-order valence-corrected chi connectivity index (χ4v) is 2.45. The Morgan fingerprint density at radius 3 is 2.41 bits per heavy atom. The Hall–Kier alpha value is -0.670. The smallest absolute Gasteiger partial charge is 0.125 e. The summed E-state index contributed by atoms with van der Waals surface area (Å²) in [4.78, 5) is 0. The van der Waals surface area contributed by atoms with E-state index >= 15 is 0 Å². The van der Waals surface area contributed by atoms with Crippen LogP contribution in [-0.4, -0.2) is 23.2 Å². The van der Waals surface area contributed by atoms with Gasteiger partial charge < -0.3 is 9.84 Å². The number of benzene rings is 1. The minimum atomic E-state index is 0.0924. The van der Waals surface area contributed by atoms with Crippen LogP contribution in [0.4, 0.5) is 0 Å². The van der Waals surface area contributed by atoms with Crippen molar-refractivity contribution in [3.05, 3.63) is 28.8 Å². The molecule has 1 N–H and O–H groups in total. The van der Waals surface area contributed by atoms with Gasteiger partial charge in [0.05, 0.1) is 13.2 Å². The molecule has 1 aromatic carbocycles. The maximum atomic E-state index is 9.11. The first-order chi connectivity index (χ1) is 8.19. The summed E-state index contributed by atoms with van der Waals surface area (Å²) < 4.78 is 5.82. The second-order valence-corrected chi connectivity index (χ2v) is 5.51. The van der Waals surface area contributed by atoms with Crippen LogP contribution in [0.2, 0.25) is 0 Å². The summed E-state index contributed by atoms with van der Waals surface area (Å²) >= 11 is 1.94. The minimum absolute atomic E-state index is 0.0924. The Morgan fingerprint density at radius 1 is 1.24 bits per heavy atom. The summed E-state index contributed by atoms with van der Waals surface area (Å²) in [6, 6.07) is 3.98. The van der Waals surface area contributed by atoms with E-state index in [0.717, 1.165) is 41.2 Å². The molecule has 0 spiro atoms. The van der Waals surface area contributed by atoms with Gasteiger partial charge in [-0.2, -0.15) is 11.8 Å². The molecule has 0 aromatic heterocycles. The number of hydrogen-bond donors (Lipinski definition) is 1. The average molecular weight is 254 g/mol. The van der Waals surface area contributed by atoms with Crippen molar-refractivity contribution in [1.82, 2.24) is 0 Å². The molecule has 0 amide bonds. The van der Waals surface area contributed by atoms with E-state index < -0.39 is 0 Å². The number of ether oxygens (including phenoxy) is 1. The lowest BCUT2D eigenvalue weighted by Gasteiger charge is -2.13. The van der Waals surface area contributed by atoms with E-state index in [1.165, 1.54) is 5.75 Å². The van der Waals surface area contributed by atoms with Gasteiger partial charge in [0.1, 0.15) is 5.75 Å². The van der Waals surface area contributed by atoms with Gasteiger partial charge in [0.2, 0.25) is 0 Å². The molecule has 0 saturated heterocycles. The van der Waals surface area contributed by atoms with E-state index in [1.54, 1.807) is 0 Å². The van der Waals surface area contributed by atoms with Gasteiger partial charge >= 0.3 is 0 Å². The lowest BCUT2D eigenvalue weighted by molar-refractivity contribution is 0.280. The third-order valence-electron chi connectivity index (χ3n) is 2.59. The van der Waals surface area contributed by atoms with Gasteiger partial charge in [-0.3, -0.25) is 0 Å². The van der Waals surface area contributed by atoms with E-state index in [-0.39, 0.29) is 6.61 Å². The second kappa shape index (κ2) is 7.62. The molecule has 96 valence electrons. The number of rotatable bonds is 7. The third-order valence-corrected chi connectivity index (χ3v) is 3.57. The highest BCUT2D eigenvalue weighted by atomic mass is 32.2. The van der Waals surface area contributed by atoms with Crippen LogP contribution in [0.3, 0.4) is 0 Å². The molecule has 0 atom stereocenters. The van der Waals surface area contributed by atoms with Crippen LogP contribution in [0.25, 0.3) is 0 Å². The van der Waals surface area contributed by atoms with Gasteiger partial charge in [0.25, 0.3) is 0 Å². The van der Waals surface area contributed by atoms with Crippen molar-refractivity contribution in [3.8, 4) is 5.75 Å². The molecule has 1 rings (SSSR count). The summed E-state index contributed by atoms with van der Waals surface area (Å²) in [5.74, 6) is 3.30. The van der Waals surface area contributed by atoms with Crippen LogP contribution in [0.15, 0.2) is 12.1 Å². The zero-order valence-corrected chi connectivity index (χ0v) is 11.8. The molecule has 0 aliphatic rings. The lowest BCUT2D eigenvalue weighted by Crippen LogP contribution is -2.02. The summed E-state index contributed by atoms with van der Waals surface area (Å²) in [5, 5.41) is 9.11. The fraction of sp³-hybridized carbons (Fsp3) is 0.571. The molecule has 0 bridgehead atoms. The van der Waals surface area contributed by atoms with Gasteiger partial charge in [-0.25, -0.2) is 0 Å². The Bertz CT molecular complexity index is 327. The van der Waals surface area contributed by atoms with E-state index in [2.05, 4.69) is 6.92 Å². The number of thioether (sulfide) groups is 1. The van der Waals surface area contributed by atoms with E-state index in [4.69, 9.17) is 9.84 Å². The zero-order chi connectivity index (χ0) is 12.7. The van der Waals surface area contributed by atoms with Crippen LogP contribution in [0.1, 0.15) is 30.0 Å². The first kappa shape index (κ1) is 14.4. The molecular formula is C14H22O2S. The van der Waals surface area contributed by atoms with Crippen LogP contribution in [-0.2, 0) is 6.61 Å². The van der Waals surface area contributed by atoms with E-state index in [1.807, 2.05) is 37.7 Å². The van der Waals surface area contributed by atoms with Crippen molar-refractivity contribution in [2.75, 3.05) is 18.1 Å². The maximum absolute atomic E-state index is 9.11. The highest BCUT2D eigenvalue weighted by molar-refractivity contribution is 7.99. The van der Waals surface area contributed by atoms with Crippen molar-refractivity contribution >= 4 is 11.8 Å². The first-order valence-electron chi connectivity index (χ1n) is 6.10. The standard InChI is InChI=1S/C14H22O2S/c1-4-17-7-5-6-16-14-11(2)8-13(10-15)9-12(14)3/h8-9,15H,4-7,10H2,1-3H3. The summed E-state index contributed by atoms with van der Waals surface area (Å²) in [6.45, 7) is 7.10. The average Bonchev–Trinajstić information content (AvgIpc) is 2.31. The van der Waals surface area contributed by atoms with Gasteiger partial charge in [-0.05, 0) is 48.5 Å². The quantitative estimate of drug-likeness (QED) is 0.757. The van der Waals surface area contributed by atoms with Crippen LogP contribution in [0, 0.1) is 13.8 Å². The second-order valence-electron chi connectivity index (χ2n) is 4.12. The molecule has 1 aromatic rings. The Balaban J connectivity index is 2.53. The Kier molecular flexibility index (Phi) is 6.45. The maximum Gasteiger partial charge on any atom is 0.125 e. The number of aryl methyl sites for hydroxylation is 2. The topological polar surface area (TPSA) is 29.5 Å². The van der Waals surface area contributed by atoms with Crippen LogP contribution >= 0.6 is 11.8 Å². The third kappa shape index (κ3) is 4.60. The van der Waals surface area contributed by atoms with Crippen LogP contribution in [0.5, 0.6) is 5.75 Å². The molecule has 0 heterocycles. The molecule has 0 radical (unpaired) electrons. The predicted molar refractivity (Wildman–Crippen MR) is 74.9 cm³/mol.